The normalized spacial score (nSPS) is 16.5. The molecule has 1 aromatic heterocycles. The fourth-order valence-electron chi connectivity index (χ4n) is 3.58. The van der Waals surface area contributed by atoms with Crippen LogP contribution in [0.2, 0.25) is 0 Å². The summed E-state index contributed by atoms with van der Waals surface area (Å²) in [5.74, 6) is 0.780. The number of unbranched alkanes of at least 4 members (excludes halogenated alkanes) is 1. The van der Waals surface area contributed by atoms with Gasteiger partial charge >= 0.3 is 0 Å². The minimum absolute atomic E-state index is 0.125. The summed E-state index contributed by atoms with van der Waals surface area (Å²) in [5, 5.41) is 3.50. The molecule has 3 rings (SSSR count). The maximum Gasteiger partial charge on any atom is 0.128 e. The standard InChI is InChI=1S/C21H28FN3O/c1-2-3-8-20-24-14-17(15-25-20)13-23-16-21(9-11-26-12-10-21)18-6-4-5-7-19(18)22/h4-7,14-15,23H,2-3,8-13,16H2,1H3. The number of halogens is 1. The van der Waals surface area contributed by atoms with E-state index in [0.717, 1.165) is 55.6 Å². The van der Waals surface area contributed by atoms with Crippen molar-refractivity contribution in [2.24, 2.45) is 0 Å². The third kappa shape index (κ3) is 4.65. The number of hydrogen-bond donors (Lipinski definition) is 1. The van der Waals surface area contributed by atoms with E-state index in [-0.39, 0.29) is 11.2 Å². The highest BCUT2D eigenvalue weighted by Gasteiger charge is 2.36. The Bertz CT molecular complexity index is 684. The molecule has 0 aliphatic carbocycles. The lowest BCUT2D eigenvalue weighted by Gasteiger charge is -2.38. The maximum atomic E-state index is 14.4. The number of ether oxygens (including phenoxy) is 1. The molecule has 2 heterocycles. The lowest BCUT2D eigenvalue weighted by molar-refractivity contribution is 0.0485. The van der Waals surface area contributed by atoms with Crippen LogP contribution in [-0.2, 0) is 23.1 Å². The first-order chi connectivity index (χ1) is 12.7. The Morgan fingerprint density at radius 2 is 1.88 bits per heavy atom. The number of hydrogen-bond acceptors (Lipinski definition) is 4. The van der Waals surface area contributed by atoms with Crippen molar-refractivity contribution >= 4 is 0 Å². The van der Waals surface area contributed by atoms with Gasteiger partial charge in [0.2, 0.25) is 0 Å². The zero-order chi connectivity index (χ0) is 18.2. The molecule has 2 aromatic rings. The molecular formula is C21H28FN3O. The minimum atomic E-state index is -0.217. The lowest BCUT2D eigenvalue weighted by Crippen LogP contribution is -2.43. The smallest absolute Gasteiger partial charge is 0.128 e. The van der Waals surface area contributed by atoms with Gasteiger partial charge in [-0.25, -0.2) is 14.4 Å². The van der Waals surface area contributed by atoms with E-state index >= 15 is 0 Å². The van der Waals surface area contributed by atoms with E-state index in [1.54, 1.807) is 12.1 Å². The number of nitrogens with zero attached hydrogens (tertiary/aromatic N) is 2. The fourth-order valence-corrected chi connectivity index (χ4v) is 3.58. The van der Waals surface area contributed by atoms with Crippen LogP contribution >= 0.6 is 0 Å². The topological polar surface area (TPSA) is 47.0 Å². The molecule has 1 aliphatic heterocycles. The molecule has 0 radical (unpaired) electrons. The zero-order valence-corrected chi connectivity index (χ0v) is 15.5. The molecule has 1 fully saturated rings. The Labute approximate surface area is 155 Å². The van der Waals surface area contributed by atoms with Crippen LogP contribution in [-0.4, -0.2) is 29.7 Å². The van der Waals surface area contributed by atoms with Crippen molar-refractivity contribution in [3.8, 4) is 0 Å². The van der Waals surface area contributed by atoms with E-state index in [4.69, 9.17) is 4.74 Å². The predicted octanol–water partition coefficient (Wildman–Crippen LogP) is 3.80. The summed E-state index contributed by atoms with van der Waals surface area (Å²) in [7, 11) is 0. The second-order valence-electron chi connectivity index (χ2n) is 7.09. The molecule has 1 aromatic carbocycles. The van der Waals surface area contributed by atoms with E-state index in [9.17, 15) is 4.39 Å². The number of benzene rings is 1. The van der Waals surface area contributed by atoms with E-state index in [0.29, 0.717) is 19.8 Å². The van der Waals surface area contributed by atoms with Crippen molar-refractivity contribution in [2.75, 3.05) is 19.8 Å². The average molecular weight is 357 g/mol. The third-order valence-corrected chi connectivity index (χ3v) is 5.20. The summed E-state index contributed by atoms with van der Waals surface area (Å²) < 4.78 is 20.0. The first-order valence-corrected chi connectivity index (χ1v) is 9.57. The molecule has 4 nitrogen and oxygen atoms in total. The van der Waals surface area contributed by atoms with E-state index in [1.807, 2.05) is 24.5 Å². The molecule has 0 amide bonds. The third-order valence-electron chi connectivity index (χ3n) is 5.20. The van der Waals surface area contributed by atoms with E-state index in [1.165, 1.54) is 0 Å². The Balaban J connectivity index is 1.63. The first kappa shape index (κ1) is 18.9. The van der Waals surface area contributed by atoms with Crippen molar-refractivity contribution < 1.29 is 9.13 Å². The van der Waals surface area contributed by atoms with Crippen LogP contribution < -0.4 is 5.32 Å². The van der Waals surface area contributed by atoms with Crippen molar-refractivity contribution in [1.29, 1.82) is 0 Å². The van der Waals surface area contributed by atoms with Gasteiger partial charge in [-0.05, 0) is 30.9 Å². The summed E-state index contributed by atoms with van der Waals surface area (Å²) in [5.41, 5.74) is 1.63. The largest absolute Gasteiger partial charge is 0.381 e. The van der Waals surface area contributed by atoms with Gasteiger partial charge in [-0.15, -0.1) is 0 Å². The molecule has 1 aliphatic rings. The maximum absolute atomic E-state index is 14.4. The van der Waals surface area contributed by atoms with Crippen LogP contribution in [0, 0.1) is 5.82 Å². The summed E-state index contributed by atoms with van der Waals surface area (Å²) in [6.45, 7) is 4.91. The molecule has 140 valence electrons. The molecule has 1 saturated heterocycles. The van der Waals surface area contributed by atoms with Gasteiger partial charge in [-0.3, -0.25) is 0 Å². The first-order valence-electron chi connectivity index (χ1n) is 9.57. The van der Waals surface area contributed by atoms with Crippen molar-refractivity contribution in [1.82, 2.24) is 15.3 Å². The summed E-state index contributed by atoms with van der Waals surface area (Å²) in [6.07, 6.45) is 8.64. The molecule has 5 heteroatoms. The molecule has 0 bridgehead atoms. The molecule has 0 atom stereocenters. The average Bonchev–Trinajstić information content (AvgIpc) is 2.68. The Morgan fingerprint density at radius 3 is 2.58 bits per heavy atom. The lowest BCUT2D eigenvalue weighted by atomic mass is 9.74. The quantitative estimate of drug-likeness (QED) is 0.781. The molecule has 0 spiro atoms. The van der Waals surface area contributed by atoms with Gasteiger partial charge in [-0.1, -0.05) is 31.5 Å². The van der Waals surface area contributed by atoms with Crippen molar-refractivity contribution in [3.63, 3.8) is 0 Å². The fraction of sp³-hybridized carbons (Fsp3) is 0.524. The van der Waals surface area contributed by atoms with Gasteiger partial charge in [0.25, 0.3) is 0 Å². The Kier molecular flexibility index (Phi) is 6.69. The van der Waals surface area contributed by atoms with Gasteiger partial charge in [-0.2, -0.15) is 0 Å². The second-order valence-corrected chi connectivity index (χ2v) is 7.09. The number of aromatic nitrogens is 2. The van der Waals surface area contributed by atoms with Crippen LogP contribution in [0.15, 0.2) is 36.7 Å². The van der Waals surface area contributed by atoms with E-state index < -0.39 is 0 Å². The number of nitrogens with one attached hydrogen (secondary N) is 1. The summed E-state index contributed by atoms with van der Waals surface area (Å²) in [6, 6.07) is 7.12. The summed E-state index contributed by atoms with van der Waals surface area (Å²) >= 11 is 0. The van der Waals surface area contributed by atoms with Gasteiger partial charge < -0.3 is 10.1 Å². The van der Waals surface area contributed by atoms with Crippen molar-refractivity contribution in [3.05, 3.63) is 59.4 Å². The van der Waals surface area contributed by atoms with Crippen molar-refractivity contribution in [2.45, 2.75) is 51.0 Å². The Hall–Kier alpha value is -1.85. The van der Waals surface area contributed by atoms with Gasteiger partial charge in [0.15, 0.2) is 0 Å². The minimum Gasteiger partial charge on any atom is -0.381 e. The predicted molar refractivity (Wildman–Crippen MR) is 100 cm³/mol. The highest BCUT2D eigenvalue weighted by Crippen LogP contribution is 2.35. The van der Waals surface area contributed by atoms with Gasteiger partial charge in [0, 0.05) is 56.1 Å². The van der Waals surface area contributed by atoms with Gasteiger partial charge in [0.05, 0.1) is 0 Å². The molecule has 26 heavy (non-hydrogen) atoms. The van der Waals surface area contributed by atoms with Crippen LogP contribution in [0.5, 0.6) is 0 Å². The van der Waals surface area contributed by atoms with Crippen LogP contribution in [0.4, 0.5) is 4.39 Å². The van der Waals surface area contributed by atoms with Gasteiger partial charge in [0.1, 0.15) is 11.6 Å². The summed E-state index contributed by atoms with van der Waals surface area (Å²) in [4.78, 5) is 8.88. The molecule has 0 unspecified atom stereocenters. The monoisotopic (exact) mass is 357 g/mol. The van der Waals surface area contributed by atoms with Crippen LogP contribution in [0.3, 0.4) is 0 Å². The van der Waals surface area contributed by atoms with Crippen LogP contribution in [0.25, 0.3) is 0 Å². The molecule has 0 saturated carbocycles. The number of rotatable bonds is 8. The second kappa shape index (κ2) is 9.19. The van der Waals surface area contributed by atoms with E-state index in [2.05, 4.69) is 22.2 Å². The highest BCUT2D eigenvalue weighted by molar-refractivity contribution is 5.28. The number of aryl methyl sites for hydroxylation is 1. The Morgan fingerprint density at radius 1 is 1.15 bits per heavy atom. The highest BCUT2D eigenvalue weighted by atomic mass is 19.1. The van der Waals surface area contributed by atoms with Crippen LogP contribution in [0.1, 0.15) is 49.6 Å². The molecule has 1 N–H and O–H groups in total. The SMILES string of the molecule is CCCCc1ncc(CNCC2(c3ccccc3F)CCOCC2)cn1. The molecular weight excluding hydrogens is 329 g/mol. The zero-order valence-electron chi connectivity index (χ0n) is 15.5.